The second-order valence-electron chi connectivity index (χ2n) is 12.4. The predicted octanol–water partition coefficient (Wildman–Crippen LogP) is 6.88. The molecule has 2 saturated heterocycles. The number of nitriles is 1. The Morgan fingerprint density at radius 3 is 2.60 bits per heavy atom. The first-order valence-corrected chi connectivity index (χ1v) is 14.2. The number of hydrogen-bond acceptors (Lipinski definition) is 6. The molecule has 40 heavy (non-hydrogen) atoms. The number of rotatable bonds is 8. The molecule has 0 spiro atoms. The Bertz CT molecular complexity index is 1310. The Kier molecular flexibility index (Phi) is 8.95. The third-order valence-corrected chi connectivity index (χ3v) is 8.13. The molecule has 4 rings (SSSR count). The summed E-state index contributed by atoms with van der Waals surface area (Å²) in [6, 6.07) is 6.13. The number of halogens is 4. The molecule has 0 saturated carbocycles. The molecule has 3 heterocycles. The normalized spacial score (nSPS) is 28.0. The van der Waals surface area contributed by atoms with Crippen LogP contribution < -0.4 is 5.32 Å². The first-order chi connectivity index (χ1) is 18.7. The molecule has 0 bridgehead atoms. The molecule has 1 N–H and O–H groups in total. The van der Waals surface area contributed by atoms with E-state index in [1.807, 2.05) is 34.6 Å². The van der Waals surface area contributed by atoms with E-state index in [1.54, 1.807) is 6.07 Å². The van der Waals surface area contributed by atoms with Gasteiger partial charge in [0, 0.05) is 24.6 Å². The van der Waals surface area contributed by atoms with Crippen LogP contribution >= 0.6 is 23.2 Å². The van der Waals surface area contributed by atoms with Gasteiger partial charge in [-0.3, -0.25) is 9.78 Å². The van der Waals surface area contributed by atoms with Gasteiger partial charge >= 0.3 is 0 Å². The molecule has 6 nitrogen and oxygen atoms in total. The van der Waals surface area contributed by atoms with E-state index >= 15 is 8.78 Å². The zero-order valence-corrected chi connectivity index (χ0v) is 24.9. The van der Waals surface area contributed by atoms with Crippen molar-refractivity contribution in [1.29, 1.82) is 5.26 Å². The van der Waals surface area contributed by atoms with Gasteiger partial charge in [0.05, 0.1) is 40.6 Å². The van der Waals surface area contributed by atoms with Crippen molar-refractivity contribution >= 4 is 29.0 Å². The van der Waals surface area contributed by atoms with Crippen LogP contribution in [0.15, 0.2) is 30.5 Å². The number of carbonyl (C=O) groups is 1. The van der Waals surface area contributed by atoms with E-state index in [4.69, 9.17) is 32.7 Å². The molecule has 2 aliphatic heterocycles. The van der Waals surface area contributed by atoms with Crippen molar-refractivity contribution in [3.05, 3.63) is 63.4 Å². The summed E-state index contributed by atoms with van der Waals surface area (Å²) in [5, 5.41) is 14.1. The van der Waals surface area contributed by atoms with Crippen LogP contribution in [-0.4, -0.2) is 41.3 Å². The van der Waals surface area contributed by atoms with Gasteiger partial charge in [-0.25, -0.2) is 8.78 Å². The van der Waals surface area contributed by atoms with E-state index in [-0.39, 0.29) is 45.0 Å². The van der Waals surface area contributed by atoms with E-state index in [0.717, 1.165) is 6.07 Å². The lowest BCUT2D eigenvalue weighted by Crippen LogP contribution is -2.45. The van der Waals surface area contributed by atoms with Gasteiger partial charge in [0.15, 0.2) is 5.79 Å². The van der Waals surface area contributed by atoms with Crippen molar-refractivity contribution in [2.75, 3.05) is 6.61 Å². The Hall–Kier alpha value is -2.15. The fourth-order valence-electron chi connectivity index (χ4n) is 6.02. The summed E-state index contributed by atoms with van der Waals surface area (Å²) >= 11 is 12.2. The third kappa shape index (κ3) is 6.19. The van der Waals surface area contributed by atoms with E-state index in [2.05, 4.69) is 16.4 Å². The smallest absolute Gasteiger partial charge is 0.163 e. The SMILES string of the molecule is CC(C)(C)C[C@@H]1N[C@@H](C(=O)CCC[C@H]2COC(C)(C)O2)[C@H](c2cccc(Cl)c2F)[C@@]1(C#N)c1ncc(Cl)cc1F. The lowest BCUT2D eigenvalue weighted by Gasteiger charge is -2.36. The summed E-state index contributed by atoms with van der Waals surface area (Å²) in [5.41, 5.74) is -2.19. The van der Waals surface area contributed by atoms with Crippen molar-refractivity contribution < 1.29 is 23.0 Å². The van der Waals surface area contributed by atoms with Crippen LogP contribution in [0.2, 0.25) is 10.0 Å². The maximum Gasteiger partial charge on any atom is 0.163 e. The summed E-state index contributed by atoms with van der Waals surface area (Å²) < 4.78 is 42.8. The highest BCUT2D eigenvalue weighted by molar-refractivity contribution is 6.31. The molecule has 0 aliphatic carbocycles. The predicted molar refractivity (Wildman–Crippen MR) is 149 cm³/mol. The zero-order chi connectivity index (χ0) is 29.5. The monoisotopic (exact) mass is 593 g/mol. The highest BCUT2D eigenvalue weighted by Crippen LogP contribution is 2.52. The van der Waals surface area contributed by atoms with E-state index in [1.165, 1.54) is 18.3 Å². The zero-order valence-electron chi connectivity index (χ0n) is 23.4. The van der Waals surface area contributed by atoms with E-state index in [0.29, 0.717) is 25.9 Å². The first-order valence-electron chi connectivity index (χ1n) is 13.5. The Morgan fingerprint density at radius 2 is 2.00 bits per heavy atom. The number of ether oxygens (including phenoxy) is 2. The number of Topliss-reactive ketones (excluding diaryl/α,β-unsaturated/α-hetero) is 1. The van der Waals surface area contributed by atoms with Crippen molar-refractivity contribution in [1.82, 2.24) is 10.3 Å². The Labute approximate surface area is 244 Å². The second-order valence-corrected chi connectivity index (χ2v) is 13.2. The van der Waals surface area contributed by atoms with Gasteiger partial charge in [0.25, 0.3) is 0 Å². The standard InChI is InChI=1S/C30H35Cl2F2N3O3/c1-28(2,3)13-23-30(16-35,27-21(33)12-17(31)14-36-27)24(19-9-7-10-20(32)25(19)34)26(37-23)22(38)11-6-8-18-15-39-29(4,5)40-18/h7,9-10,12,14,18,23-24,26,37H,6,8,11,13,15H2,1-5H3/t18-,23-,24-,26-,30-/m0/s1. The molecule has 0 radical (unpaired) electrons. The highest BCUT2D eigenvalue weighted by Gasteiger charge is 2.61. The number of ketones is 1. The number of hydrogen-bond donors (Lipinski definition) is 1. The number of nitrogens with one attached hydrogen (secondary N) is 1. The average molecular weight is 595 g/mol. The molecule has 10 heteroatoms. The second kappa shape index (κ2) is 11.6. The summed E-state index contributed by atoms with van der Waals surface area (Å²) in [6.45, 7) is 10.1. The van der Waals surface area contributed by atoms with Crippen LogP contribution in [-0.2, 0) is 19.7 Å². The molecule has 216 valence electrons. The van der Waals surface area contributed by atoms with Crippen LogP contribution in [0, 0.1) is 28.4 Å². The minimum atomic E-state index is -1.74. The van der Waals surface area contributed by atoms with Crippen LogP contribution in [0.3, 0.4) is 0 Å². The van der Waals surface area contributed by atoms with Gasteiger partial charge in [0.1, 0.15) is 22.8 Å². The number of carbonyl (C=O) groups excluding carboxylic acids is 1. The number of nitrogens with zero attached hydrogens (tertiary/aromatic N) is 2. The summed E-state index contributed by atoms with van der Waals surface area (Å²) in [4.78, 5) is 18.1. The van der Waals surface area contributed by atoms with Gasteiger partial charge in [0.2, 0.25) is 0 Å². The van der Waals surface area contributed by atoms with Crippen LogP contribution in [0.1, 0.15) is 77.5 Å². The minimum Gasteiger partial charge on any atom is -0.348 e. The molecule has 2 aliphatic rings. The summed E-state index contributed by atoms with van der Waals surface area (Å²) in [6.07, 6.45) is 2.76. The van der Waals surface area contributed by atoms with Crippen molar-refractivity contribution in [2.45, 2.75) is 95.6 Å². The maximum absolute atomic E-state index is 15.7. The molecule has 1 aromatic heterocycles. The lowest BCUT2D eigenvalue weighted by atomic mass is 9.64. The molecule has 0 unspecified atom stereocenters. The summed E-state index contributed by atoms with van der Waals surface area (Å²) in [7, 11) is 0. The van der Waals surface area contributed by atoms with E-state index < -0.39 is 40.8 Å². The third-order valence-electron chi connectivity index (χ3n) is 7.64. The van der Waals surface area contributed by atoms with E-state index in [9.17, 15) is 10.1 Å². The largest absolute Gasteiger partial charge is 0.348 e. The average Bonchev–Trinajstić information content (AvgIpc) is 3.36. The van der Waals surface area contributed by atoms with Crippen LogP contribution in [0.4, 0.5) is 8.78 Å². The molecule has 5 atom stereocenters. The molecule has 1 aromatic carbocycles. The van der Waals surface area contributed by atoms with Crippen LogP contribution in [0.25, 0.3) is 0 Å². The number of benzene rings is 1. The van der Waals surface area contributed by atoms with Gasteiger partial charge in [-0.1, -0.05) is 56.1 Å². The van der Waals surface area contributed by atoms with Gasteiger partial charge < -0.3 is 14.8 Å². The fourth-order valence-corrected chi connectivity index (χ4v) is 6.34. The van der Waals surface area contributed by atoms with Crippen molar-refractivity contribution in [3.63, 3.8) is 0 Å². The quantitative estimate of drug-likeness (QED) is 0.359. The van der Waals surface area contributed by atoms with Gasteiger partial charge in [-0.2, -0.15) is 5.26 Å². The maximum atomic E-state index is 15.7. The van der Waals surface area contributed by atoms with Crippen molar-refractivity contribution in [3.8, 4) is 6.07 Å². The highest BCUT2D eigenvalue weighted by atomic mass is 35.5. The van der Waals surface area contributed by atoms with Crippen molar-refractivity contribution in [2.24, 2.45) is 5.41 Å². The molecule has 2 aromatic rings. The first kappa shape index (κ1) is 30.8. The number of pyridine rings is 1. The summed E-state index contributed by atoms with van der Waals surface area (Å²) in [5.74, 6) is -3.54. The molecular weight excluding hydrogens is 559 g/mol. The lowest BCUT2D eigenvalue weighted by molar-refractivity contribution is -0.139. The topological polar surface area (TPSA) is 84.2 Å². The molecule has 0 amide bonds. The Morgan fingerprint density at radius 1 is 1.27 bits per heavy atom. The minimum absolute atomic E-state index is 0.0572. The molecule has 2 fully saturated rings. The Balaban J connectivity index is 1.79. The fraction of sp³-hybridized carbons (Fsp3) is 0.567. The molecular formula is C30H35Cl2F2N3O3. The number of aromatic nitrogens is 1. The van der Waals surface area contributed by atoms with Gasteiger partial charge in [-0.05, 0) is 56.2 Å². The van der Waals surface area contributed by atoms with Gasteiger partial charge in [-0.15, -0.1) is 0 Å². The van der Waals surface area contributed by atoms with Crippen LogP contribution in [0.5, 0.6) is 0 Å².